The van der Waals surface area contributed by atoms with Crippen LogP contribution in [0, 0.1) is 5.82 Å². The molecule has 2 unspecified atom stereocenters. The van der Waals surface area contributed by atoms with Gasteiger partial charge in [-0.2, -0.15) is 18.3 Å². The van der Waals surface area contributed by atoms with Gasteiger partial charge in [0, 0.05) is 17.5 Å². The van der Waals surface area contributed by atoms with Crippen LogP contribution >= 0.6 is 0 Å². The lowest BCUT2D eigenvalue weighted by molar-refractivity contribution is -0.137. The number of para-hydroxylation sites is 1. The minimum Gasteiger partial charge on any atom is -0.464 e. The Morgan fingerprint density at radius 1 is 0.933 bits per heavy atom. The minimum atomic E-state index is -4.45. The maximum absolute atomic E-state index is 13.3. The summed E-state index contributed by atoms with van der Waals surface area (Å²) >= 11 is 0. The monoisotopic (exact) mass is 412 g/mol. The Morgan fingerprint density at radius 2 is 1.70 bits per heavy atom. The highest BCUT2D eigenvalue weighted by molar-refractivity contribution is 6.01. The van der Waals surface area contributed by atoms with Crippen LogP contribution in [0.15, 0.2) is 77.9 Å². The van der Waals surface area contributed by atoms with Gasteiger partial charge in [0.2, 0.25) is 6.23 Å². The summed E-state index contributed by atoms with van der Waals surface area (Å²) in [7, 11) is 0. The van der Waals surface area contributed by atoms with Gasteiger partial charge in [0.05, 0.1) is 17.3 Å². The molecule has 0 saturated carbocycles. The predicted octanol–water partition coefficient (Wildman–Crippen LogP) is 6.09. The molecule has 0 saturated heterocycles. The van der Waals surface area contributed by atoms with Crippen LogP contribution in [0.2, 0.25) is 0 Å². The highest BCUT2D eigenvalue weighted by Gasteiger charge is 2.41. The SMILES string of the molecule is Fc1ccc(C2=NN3C(C2)c2ccccc2OC3c2cccc(C(F)(F)F)c2)cc1. The number of alkyl halides is 3. The molecule has 152 valence electrons. The van der Waals surface area contributed by atoms with Crippen molar-refractivity contribution in [2.75, 3.05) is 0 Å². The lowest BCUT2D eigenvalue weighted by Crippen LogP contribution is -2.33. The normalized spacial score (nSPS) is 20.3. The van der Waals surface area contributed by atoms with Crippen LogP contribution in [-0.2, 0) is 6.18 Å². The van der Waals surface area contributed by atoms with Gasteiger partial charge in [-0.3, -0.25) is 0 Å². The fraction of sp³-hybridized carbons (Fsp3) is 0.174. The summed E-state index contributed by atoms with van der Waals surface area (Å²) < 4.78 is 59.2. The number of benzene rings is 3. The van der Waals surface area contributed by atoms with Gasteiger partial charge in [0.15, 0.2) is 0 Å². The van der Waals surface area contributed by atoms with Crippen molar-refractivity contribution in [1.82, 2.24) is 5.01 Å². The zero-order valence-corrected chi connectivity index (χ0v) is 15.6. The third-order valence-corrected chi connectivity index (χ3v) is 5.38. The first-order valence-corrected chi connectivity index (χ1v) is 9.44. The third-order valence-electron chi connectivity index (χ3n) is 5.38. The summed E-state index contributed by atoms with van der Waals surface area (Å²) in [6, 6.07) is 18.4. The van der Waals surface area contributed by atoms with Gasteiger partial charge in [0.1, 0.15) is 11.6 Å². The number of fused-ring (bicyclic) bond motifs is 3. The van der Waals surface area contributed by atoms with Gasteiger partial charge in [-0.1, -0.05) is 42.5 Å². The number of halogens is 4. The molecule has 0 radical (unpaired) electrons. The summed E-state index contributed by atoms with van der Waals surface area (Å²) in [6.45, 7) is 0. The second kappa shape index (κ2) is 6.86. The van der Waals surface area contributed by atoms with Gasteiger partial charge >= 0.3 is 6.18 Å². The summed E-state index contributed by atoms with van der Waals surface area (Å²) in [5, 5.41) is 6.38. The van der Waals surface area contributed by atoms with E-state index in [-0.39, 0.29) is 11.9 Å². The first-order valence-electron chi connectivity index (χ1n) is 9.44. The molecule has 3 nitrogen and oxygen atoms in total. The second-order valence-corrected chi connectivity index (χ2v) is 7.28. The smallest absolute Gasteiger partial charge is 0.416 e. The van der Waals surface area contributed by atoms with E-state index in [1.807, 2.05) is 24.3 Å². The molecule has 2 aliphatic rings. The number of rotatable bonds is 2. The molecule has 0 fully saturated rings. The van der Waals surface area contributed by atoms with Gasteiger partial charge in [-0.05, 0) is 35.9 Å². The molecule has 2 heterocycles. The zero-order valence-electron chi connectivity index (χ0n) is 15.6. The first-order chi connectivity index (χ1) is 14.4. The number of nitrogens with zero attached hydrogens (tertiary/aromatic N) is 2. The number of hydrazone groups is 1. The maximum Gasteiger partial charge on any atom is 0.416 e. The molecule has 30 heavy (non-hydrogen) atoms. The van der Waals surface area contributed by atoms with E-state index in [0.29, 0.717) is 17.7 Å². The van der Waals surface area contributed by atoms with E-state index in [0.717, 1.165) is 29.0 Å². The van der Waals surface area contributed by atoms with Gasteiger partial charge in [-0.25, -0.2) is 9.40 Å². The average Bonchev–Trinajstić information content (AvgIpc) is 3.19. The molecule has 0 aromatic heterocycles. The van der Waals surface area contributed by atoms with Crippen LogP contribution in [-0.4, -0.2) is 10.7 Å². The van der Waals surface area contributed by atoms with Crippen molar-refractivity contribution in [3.05, 3.63) is 101 Å². The van der Waals surface area contributed by atoms with Crippen molar-refractivity contribution >= 4 is 5.71 Å². The lowest BCUT2D eigenvalue weighted by atomic mass is 9.95. The Hall–Kier alpha value is -3.35. The Bertz CT molecular complexity index is 1120. The van der Waals surface area contributed by atoms with E-state index >= 15 is 0 Å². The van der Waals surface area contributed by atoms with Crippen molar-refractivity contribution in [2.45, 2.75) is 24.9 Å². The Kier molecular flexibility index (Phi) is 4.27. The van der Waals surface area contributed by atoms with Crippen molar-refractivity contribution in [2.24, 2.45) is 5.10 Å². The minimum absolute atomic E-state index is 0.186. The molecule has 0 amide bonds. The number of hydrogen-bond donors (Lipinski definition) is 0. The Labute approximate surface area is 170 Å². The van der Waals surface area contributed by atoms with Crippen molar-refractivity contribution in [3.8, 4) is 5.75 Å². The fourth-order valence-electron chi connectivity index (χ4n) is 3.94. The zero-order chi connectivity index (χ0) is 20.9. The van der Waals surface area contributed by atoms with E-state index < -0.39 is 18.0 Å². The van der Waals surface area contributed by atoms with E-state index in [1.165, 1.54) is 18.2 Å². The lowest BCUT2D eigenvalue weighted by Gasteiger charge is -2.38. The van der Waals surface area contributed by atoms with Crippen LogP contribution in [0.25, 0.3) is 0 Å². The summed E-state index contributed by atoms with van der Waals surface area (Å²) in [5.74, 6) is 0.280. The van der Waals surface area contributed by atoms with Gasteiger partial charge in [-0.15, -0.1) is 0 Å². The van der Waals surface area contributed by atoms with Crippen LogP contribution in [0.5, 0.6) is 5.75 Å². The van der Waals surface area contributed by atoms with Gasteiger partial charge < -0.3 is 4.74 Å². The molecule has 0 N–H and O–H groups in total. The maximum atomic E-state index is 13.3. The summed E-state index contributed by atoms with van der Waals surface area (Å²) in [5.41, 5.74) is 2.05. The molecule has 5 rings (SSSR count). The van der Waals surface area contributed by atoms with Crippen LogP contribution in [0.1, 0.15) is 40.9 Å². The van der Waals surface area contributed by atoms with Crippen molar-refractivity contribution < 1.29 is 22.3 Å². The predicted molar refractivity (Wildman–Crippen MR) is 103 cm³/mol. The van der Waals surface area contributed by atoms with Gasteiger partial charge in [0.25, 0.3) is 0 Å². The first kappa shape index (κ1) is 18.7. The van der Waals surface area contributed by atoms with E-state index in [4.69, 9.17) is 4.74 Å². The molecule has 0 bridgehead atoms. The molecular weight excluding hydrogens is 396 g/mol. The summed E-state index contributed by atoms with van der Waals surface area (Å²) in [4.78, 5) is 0. The molecule has 2 atom stereocenters. The largest absolute Gasteiger partial charge is 0.464 e. The highest BCUT2D eigenvalue weighted by Crippen LogP contribution is 2.47. The average molecular weight is 412 g/mol. The van der Waals surface area contributed by atoms with Crippen LogP contribution in [0.4, 0.5) is 17.6 Å². The van der Waals surface area contributed by atoms with Crippen LogP contribution in [0.3, 0.4) is 0 Å². The quantitative estimate of drug-likeness (QED) is 0.476. The molecule has 3 aromatic carbocycles. The topological polar surface area (TPSA) is 24.8 Å². The standard InChI is InChI=1S/C23H16F4N2O/c24-17-10-8-14(9-11-17)19-13-20-18-6-1-2-7-21(18)30-22(29(20)28-19)15-4-3-5-16(12-15)23(25,26)27/h1-12,20,22H,13H2. The molecular formula is C23H16F4N2O. The molecule has 0 aliphatic carbocycles. The molecule has 3 aromatic rings. The number of hydrogen-bond acceptors (Lipinski definition) is 3. The van der Waals surface area contributed by atoms with Crippen molar-refractivity contribution in [3.63, 3.8) is 0 Å². The highest BCUT2D eigenvalue weighted by atomic mass is 19.4. The number of ether oxygens (including phenoxy) is 1. The fourth-order valence-corrected chi connectivity index (χ4v) is 3.94. The van der Waals surface area contributed by atoms with E-state index in [2.05, 4.69) is 5.10 Å². The van der Waals surface area contributed by atoms with Crippen molar-refractivity contribution in [1.29, 1.82) is 0 Å². The Balaban J connectivity index is 1.59. The second-order valence-electron chi connectivity index (χ2n) is 7.28. The molecule has 0 spiro atoms. The van der Waals surface area contributed by atoms with E-state index in [9.17, 15) is 17.6 Å². The van der Waals surface area contributed by atoms with Crippen LogP contribution < -0.4 is 4.74 Å². The summed E-state index contributed by atoms with van der Waals surface area (Å²) in [6.07, 6.45) is -4.71. The third kappa shape index (κ3) is 3.20. The van der Waals surface area contributed by atoms with E-state index in [1.54, 1.807) is 23.2 Å². The Morgan fingerprint density at radius 3 is 2.47 bits per heavy atom. The molecule has 7 heteroatoms. The molecule has 2 aliphatic heterocycles.